The highest BCUT2D eigenvalue weighted by Crippen LogP contribution is 2.39. The summed E-state index contributed by atoms with van der Waals surface area (Å²) in [5.41, 5.74) is -1.15. The van der Waals surface area contributed by atoms with E-state index >= 15 is 0 Å². The van der Waals surface area contributed by atoms with Crippen molar-refractivity contribution in [3.8, 4) is 17.2 Å². The lowest BCUT2D eigenvalue weighted by Crippen LogP contribution is -2.20. The molecular formula is C28H16Cl2F3NO5. The Hall–Kier alpha value is -4.21. The standard InChI is InChI=1S/C28H16Cl2F3NO5/c29-20-6-3-7-21(24(20)30)34-23(35)14-37-17-10-11-19-22(13-17)39-27(28(31,32)33)26(25(19)36)38-18-9-8-15-4-1-2-5-16(15)12-18/h1-13H,14H2,(H,34,35). The number of halogens is 5. The molecule has 0 fully saturated rings. The topological polar surface area (TPSA) is 77.8 Å². The number of anilines is 1. The molecule has 0 bridgehead atoms. The molecule has 39 heavy (non-hydrogen) atoms. The number of nitrogens with one attached hydrogen (secondary N) is 1. The van der Waals surface area contributed by atoms with Crippen LogP contribution < -0.4 is 20.2 Å². The molecule has 0 radical (unpaired) electrons. The Kier molecular flexibility index (Phi) is 7.12. The van der Waals surface area contributed by atoms with E-state index in [9.17, 15) is 22.8 Å². The second-order valence-electron chi connectivity index (χ2n) is 8.29. The van der Waals surface area contributed by atoms with Gasteiger partial charge in [-0.25, -0.2) is 0 Å². The van der Waals surface area contributed by atoms with Crippen molar-refractivity contribution in [2.75, 3.05) is 11.9 Å². The molecule has 0 aliphatic heterocycles. The molecule has 198 valence electrons. The first kappa shape index (κ1) is 26.4. The molecular weight excluding hydrogens is 558 g/mol. The fourth-order valence-electron chi connectivity index (χ4n) is 3.81. The molecule has 1 heterocycles. The maximum Gasteiger partial charge on any atom is 0.453 e. The van der Waals surface area contributed by atoms with Crippen LogP contribution >= 0.6 is 23.2 Å². The zero-order valence-electron chi connectivity index (χ0n) is 19.6. The van der Waals surface area contributed by atoms with Crippen LogP contribution in [0.15, 0.2) is 88.1 Å². The minimum atomic E-state index is -5.04. The quantitative estimate of drug-likeness (QED) is 0.222. The van der Waals surface area contributed by atoms with Gasteiger partial charge in [0.25, 0.3) is 11.7 Å². The molecule has 6 nitrogen and oxygen atoms in total. The number of hydrogen-bond acceptors (Lipinski definition) is 5. The van der Waals surface area contributed by atoms with Crippen molar-refractivity contribution < 1.29 is 31.9 Å². The van der Waals surface area contributed by atoms with Crippen molar-refractivity contribution in [3.63, 3.8) is 0 Å². The SMILES string of the molecule is O=C(COc1ccc2c(=O)c(Oc3ccc4ccccc4c3)c(C(F)(F)F)oc2c1)Nc1cccc(Cl)c1Cl. The Bertz CT molecular complexity index is 1790. The summed E-state index contributed by atoms with van der Waals surface area (Å²) in [6.45, 7) is -0.506. The van der Waals surface area contributed by atoms with Gasteiger partial charge in [-0.15, -0.1) is 0 Å². The first-order valence-electron chi connectivity index (χ1n) is 11.3. The van der Waals surface area contributed by atoms with Gasteiger partial charge in [0, 0.05) is 6.07 Å². The lowest BCUT2D eigenvalue weighted by molar-refractivity contribution is -0.154. The monoisotopic (exact) mass is 573 g/mol. The molecule has 0 saturated heterocycles. The maximum atomic E-state index is 13.9. The molecule has 0 aliphatic rings. The Morgan fingerprint density at radius 1 is 0.897 bits per heavy atom. The van der Waals surface area contributed by atoms with Gasteiger partial charge in [0.2, 0.25) is 11.2 Å². The van der Waals surface area contributed by atoms with Crippen molar-refractivity contribution in [2.45, 2.75) is 6.18 Å². The average molecular weight is 574 g/mol. The summed E-state index contributed by atoms with van der Waals surface area (Å²) in [6.07, 6.45) is -5.04. The summed E-state index contributed by atoms with van der Waals surface area (Å²) in [6, 6.07) is 20.2. The lowest BCUT2D eigenvalue weighted by atomic mass is 10.1. The molecule has 0 atom stereocenters. The molecule has 4 aromatic carbocycles. The number of fused-ring (bicyclic) bond motifs is 2. The van der Waals surface area contributed by atoms with Crippen molar-refractivity contribution in [1.29, 1.82) is 0 Å². The summed E-state index contributed by atoms with van der Waals surface area (Å²) >= 11 is 12.0. The van der Waals surface area contributed by atoms with Gasteiger partial charge in [-0.1, -0.05) is 59.6 Å². The van der Waals surface area contributed by atoms with E-state index in [0.29, 0.717) is 0 Å². The van der Waals surface area contributed by atoms with Crippen LogP contribution in [0, 0.1) is 0 Å². The van der Waals surface area contributed by atoms with Crippen molar-refractivity contribution in [2.24, 2.45) is 0 Å². The van der Waals surface area contributed by atoms with E-state index in [4.69, 9.17) is 37.1 Å². The molecule has 0 unspecified atom stereocenters. The highest BCUT2D eigenvalue weighted by molar-refractivity contribution is 6.44. The Balaban J connectivity index is 1.42. The highest BCUT2D eigenvalue weighted by Gasteiger charge is 2.40. The third-order valence-corrected chi connectivity index (χ3v) is 6.44. The van der Waals surface area contributed by atoms with Crippen LogP contribution in [0.4, 0.5) is 18.9 Å². The van der Waals surface area contributed by atoms with Gasteiger partial charge in [-0.2, -0.15) is 13.2 Å². The zero-order chi connectivity index (χ0) is 27.7. The van der Waals surface area contributed by atoms with Gasteiger partial charge in [0.15, 0.2) is 6.61 Å². The zero-order valence-corrected chi connectivity index (χ0v) is 21.2. The minimum absolute atomic E-state index is 0.00527. The van der Waals surface area contributed by atoms with Gasteiger partial charge in [-0.05, 0) is 47.2 Å². The Morgan fingerprint density at radius 3 is 2.41 bits per heavy atom. The lowest BCUT2D eigenvalue weighted by Gasteiger charge is -2.14. The number of amides is 1. The number of rotatable bonds is 6. The van der Waals surface area contributed by atoms with Gasteiger partial charge in [0.05, 0.1) is 21.1 Å². The molecule has 1 aromatic heterocycles. The Labute approximate surface area is 228 Å². The predicted octanol–water partition coefficient (Wildman–Crippen LogP) is 8.08. The molecule has 5 aromatic rings. The van der Waals surface area contributed by atoms with Gasteiger partial charge < -0.3 is 19.2 Å². The highest BCUT2D eigenvalue weighted by atomic mass is 35.5. The van der Waals surface area contributed by atoms with E-state index in [1.807, 2.05) is 12.1 Å². The van der Waals surface area contributed by atoms with E-state index in [1.54, 1.807) is 30.3 Å². The number of carbonyl (C=O) groups excluding carboxylic acids is 1. The van der Waals surface area contributed by atoms with Crippen LogP contribution in [-0.4, -0.2) is 12.5 Å². The molecule has 5 rings (SSSR count). The van der Waals surface area contributed by atoms with Crippen LogP contribution in [-0.2, 0) is 11.0 Å². The number of hydrogen-bond donors (Lipinski definition) is 1. The summed E-state index contributed by atoms with van der Waals surface area (Å²) in [5.74, 6) is -3.16. The first-order chi connectivity index (χ1) is 18.6. The number of benzene rings is 4. The van der Waals surface area contributed by atoms with E-state index < -0.39 is 41.2 Å². The smallest absolute Gasteiger partial charge is 0.453 e. The van der Waals surface area contributed by atoms with Gasteiger partial charge in [-0.3, -0.25) is 9.59 Å². The number of alkyl halides is 3. The second kappa shape index (κ2) is 10.5. The van der Waals surface area contributed by atoms with Crippen LogP contribution in [0.1, 0.15) is 5.76 Å². The summed E-state index contributed by atoms with van der Waals surface area (Å²) in [4.78, 5) is 25.4. The normalized spacial score (nSPS) is 11.5. The largest absolute Gasteiger partial charge is 0.484 e. The molecule has 0 saturated carbocycles. The van der Waals surface area contributed by atoms with E-state index in [2.05, 4.69) is 5.32 Å². The first-order valence-corrected chi connectivity index (χ1v) is 12.1. The summed E-state index contributed by atoms with van der Waals surface area (Å²) in [7, 11) is 0. The van der Waals surface area contributed by atoms with Crippen LogP contribution in [0.25, 0.3) is 21.7 Å². The fourth-order valence-corrected chi connectivity index (χ4v) is 4.16. The third kappa shape index (κ3) is 5.64. The predicted molar refractivity (Wildman–Crippen MR) is 142 cm³/mol. The van der Waals surface area contributed by atoms with Crippen molar-refractivity contribution >= 4 is 56.5 Å². The Morgan fingerprint density at radius 2 is 1.64 bits per heavy atom. The van der Waals surface area contributed by atoms with E-state index in [1.165, 1.54) is 30.3 Å². The van der Waals surface area contributed by atoms with Crippen molar-refractivity contribution in [3.05, 3.63) is 105 Å². The van der Waals surface area contributed by atoms with Crippen LogP contribution in [0.2, 0.25) is 10.0 Å². The molecule has 1 N–H and O–H groups in total. The van der Waals surface area contributed by atoms with Crippen molar-refractivity contribution in [1.82, 2.24) is 0 Å². The minimum Gasteiger partial charge on any atom is -0.484 e. The van der Waals surface area contributed by atoms with Gasteiger partial charge in [0.1, 0.15) is 17.1 Å². The fraction of sp³-hybridized carbons (Fsp3) is 0.0714. The average Bonchev–Trinajstić information content (AvgIpc) is 2.91. The summed E-state index contributed by atoms with van der Waals surface area (Å²) < 4.78 is 57.7. The van der Waals surface area contributed by atoms with E-state index in [0.717, 1.165) is 16.8 Å². The number of carbonyl (C=O) groups is 1. The van der Waals surface area contributed by atoms with E-state index in [-0.39, 0.29) is 32.6 Å². The third-order valence-electron chi connectivity index (χ3n) is 5.62. The van der Waals surface area contributed by atoms with Gasteiger partial charge >= 0.3 is 6.18 Å². The maximum absolute atomic E-state index is 13.9. The molecule has 0 aliphatic carbocycles. The van der Waals surface area contributed by atoms with Crippen LogP contribution in [0.5, 0.6) is 17.2 Å². The number of ether oxygens (including phenoxy) is 2. The molecule has 1 amide bonds. The molecule has 0 spiro atoms. The second-order valence-corrected chi connectivity index (χ2v) is 9.08. The molecule has 11 heteroatoms. The van der Waals surface area contributed by atoms with Crippen LogP contribution in [0.3, 0.4) is 0 Å². The summed E-state index contributed by atoms with van der Waals surface area (Å²) in [5, 5.41) is 4.30.